The number of aliphatic hydroxyl groups is 1. The van der Waals surface area contributed by atoms with Crippen LogP contribution in [0.1, 0.15) is 85.7 Å². The van der Waals surface area contributed by atoms with E-state index in [-0.39, 0.29) is 12.1 Å². The van der Waals surface area contributed by atoms with Crippen molar-refractivity contribution >= 4 is 17.3 Å². The zero-order valence-corrected chi connectivity index (χ0v) is 18.8. The van der Waals surface area contributed by atoms with E-state index in [1.54, 1.807) is 11.3 Å². The number of rotatable bonds is 11. The van der Waals surface area contributed by atoms with Crippen LogP contribution in [0, 0.1) is 11.3 Å². The molecule has 0 bridgehead atoms. The number of esters is 1. The van der Waals surface area contributed by atoms with Crippen molar-refractivity contribution in [1.29, 1.82) is 0 Å². The Morgan fingerprint density at radius 3 is 2.93 bits per heavy atom. The Kier molecular flexibility index (Phi) is 8.14. The van der Waals surface area contributed by atoms with E-state index in [2.05, 4.69) is 31.2 Å². The van der Waals surface area contributed by atoms with E-state index < -0.39 is 0 Å². The Hall–Kier alpha value is -1.39. The summed E-state index contributed by atoms with van der Waals surface area (Å²) in [7, 11) is 1.43. The number of carbonyl (C=O) groups is 1. The third kappa shape index (κ3) is 6.05. The van der Waals surface area contributed by atoms with Gasteiger partial charge in [0.15, 0.2) is 0 Å². The standard InChI is InChI=1S/C25H36O3S/c1-3-25(16-7-17-25)18-21(26)12-5-10-19-8-4-9-20(19)11-6-13-22-14-15-23(29-22)24(27)28-2/h5,8,10,14-15,20-21,26H,3-4,6-7,9,11-13,16-18H2,1-2H3/t20-,21?/m1/s1. The van der Waals surface area contributed by atoms with Crippen molar-refractivity contribution < 1.29 is 14.6 Å². The van der Waals surface area contributed by atoms with Gasteiger partial charge in [-0.25, -0.2) is 4.79 Å². The summed E-state index contributed by atoms with van der Waals surface area (Å²) < 4.78 is 4.78. The summed E-state index contributed by atoms with van der Waals surface area (Å²) in [6.45, 7) is 2.27. The van der Waals surface area contributed by atoms with Gasteiger partial charge in [0.05, 0.1) is 13.2 Å². The molecule has 0 spiro atoms. The molecule has 1 N–H and O–H groups in total. The minimum Gasteiger partial charge on any atom is -0.465 e. The summed E-state index contributed by atoms with van der Waals surface area (Å²) in [6.07, 6.45) is 19.2. The molecular weight excluding hydrogens is 380 g/mol. The molecule has 1 unspecified atom stereocenters. The van der Waals surface area contributed by atoms with E-state index in [0.717, 1.165) is 32.1 Å². The summed E-state index contributed by atoms with van der Waals surface area (Å²) in [5.74, 6) is 0.397. The normalized spacial score (nSPS) is 21.8. The molecule has 2 aliphatic carbocycles. The van der Waals surface area contributed by atoms with Gasteiger partial charge < -0.3 is 9.84 Å². The number of aryl methyl sites for hydroxylation is 1. The molecule has 1 fully saturated rings. The van der Waals surface area contributed by atoms with Crippen molar-refractivity contribution in [2.45, 2.75) is 83.7 Å². The highest BCUT2D eigenvalue weighted by molar-refractivity contribution is 7.13. The van der Waals surface area contributed by atoms with Crippen molar-refractivity contribution in [1.82, 2.24) is 0 Å². The second kappa shape index (κ2) is 10.6. The average Bonchev–Trinajstić information content (AvgIpc) is 3.34. The molecule has 1 saturated carbocycles. The lowest BCUT2D eigenvalue weighted by Gasteiger charge is -2.42. The second-order valence-electron chi connectivity index (χ2n) is 8.83. The molecule has 0 amide bonds. The molecule has 1 aromatic heterocycles. The Morgan fingerprint density at radius 2 is 2.24 bits per heavy atom. The molecule has 0 aliphatic heterocycles. The Morgan fingerprint density at radius 1 is 1.41 bits per heavy atom. The molecular formula is C25H36O3S. The van der Waals surface area contributed by atoms with Gasteiger partial charge in [-0.1, -0.05) is 38.0 Å². The maximum absolute atomic E-state index is 11.6. The number of allylic oxidation sites excluding steroid dienone is 3. The van der Waals surface area contributed by atoms with Gasteiger partial charge in [-0.2, -0.15) is 0 Å². The van der Waals surface area contributed by atoms with Crippen LogP contribution in [0.3, 0.4) is 0 Å². The molecule has 160 valence electrons. The quantitative estimate of drug-likeness (QED) is 0.420. The van der Waals surface area contributed by atoms with E-state index >= 15 is 0 Å². The number of methoxy groups -OCH3 is 1. The monoisotopic (exact) mass is 416 g/mol. The summed E-state index contributed by atoms with van der Waals surface area (Å²) in [6, 6.07) is 3.92. The smallest absolute Gasteiger partial charge is 0.348 e. The molecule has 2 atom stereocenters. The number of hydrogen-bond donors (Lipinski definition) is 1. The van der Waals surface area contributed by atoms with Crippen LogP contribution in [0.15, 0.2) is 35.9 Å². The molecule has 4 heteroatoms. The first-order chi connectivity index (χ1) is 14.0. The van der Waals surface area contributed by atoms with Crippen LogP contribution in [-0.4, -0.2) is 24.3 Å². The van der Waals surface area contributed by atoms with E-state index in [9.17, 15) is 9.90 Å². The Balaban J connectivity index is 1.39. The van der Waals surface area contributed by atoms with Crippen LogP contribution in [0.4, 0.5) is 0 Å². The number of thiophene rings is 1. The van der Waals surface area contributed by atoms with Gasteiger partial charge in [0, 0.05) is 4.88 Å². The lowest BCUT2D eigenvalue weighted by molar-refractivity contribution is 0.0386. The van der Waals surface area contributed by atoms with Crippen LogP contribution in [0.5, 0.6) is 0 Å². The number of carbonyl (C=O) groups excluding carboxylic acids is 1. The van der Waals surface area contributed by atoms with Gasteiger partial charge in [0.2, 0.25) is 0 Å². The van der Waals surface area contributed by atoms with Crippen LogP contribution >= 0.6 is 11.3 Å². The number of hydrogen-bond acceptors (Lipinski definition) is 4. The van der Waals surface area contributed by atoms with Crippen LogP contribution < -0.4 is 0 Å². The minimum atomic E-state index is -0.239. The molecule has 0 saturated heterocycles. The highest BCUT2D eigenvalue weighted by Crippen LogP contribution is 2.47. The van der Waals surface area contributed by atoms with Gasteiger partial charge in [-0.05, 0) is 86.8 Å². The van der Waals surface area contributed by atoms with Crippen molar-refractivity contribution in [3.05, 3.63) is 45.7 Å². The maximum Gasteiger partial charge on any atom is 0.348 e. The predicted octanol–water partition coefficient (Wildman–Crippen LogP) is 6.47. The highest BCUT2D eigenvalue weighted by Gasteiger charge is 2.36. The first kappa shape index (κ1) is 22.3. The SMILES string of the molecule is CCC1(CC(O)CC=CC2=CCC[C@@H]2CCCc2ccc(C(=O)OC)s2)CCC1. The van der Waals surface area contributed by atoms with Gasteiger partial charge in [-0.3, -0.25) is 0 Å². The van der Waals surface area contributed by atoms with Crippen LogP contribution in [-0.2, 0) is 11.2 Å². The molecule has 0 aromatic carbocycles. The maximum atomic E-state index is 11.6. The fourth-order valence-electron chi connectivity index (χ4n) is 4.87. The van der Waals surface area contributed by atoms with Gasteiger partial charge in [0.25, 0.3) is 0 Å². The molecule has 0 radical (unpaired) electrons. The predicted molar refractivity (Wildman–Crippen MR) is 120 cm³/mol. The first-order valence-electron chi connectivity index (χ1n) is 11.3. The molecule has 2 aliphatic rings. The topological polar surface area (TPSA) is 46.5 Å². The zero-order chi connectivity index (χ0) is 20.7. The van der Waals surface area contributed by atoms with Crippen LogP contribution in [0.2, 0.25) is 0 Å². The van der Waals surface area contributed by atoms with Crippen molar-refractivity contribution in [2.24, 2.45) is 11.3 Å². The van der Waals surface area contributed by atoms with Crippen LogP contribution in [0.25, 0.3) is 0 Å². The summed E-state index contributed by atoms with van der Waals surface area (Å²) in [4.78, 5) is 13.5. The third-order valence-corrected chi connectivity index (χ3v) is 8.07. The highest BCUT2D eigenvalue weighted by atomic mass is 32.1. The molecule has 3 nitrogen and oxygen atoms in total. The molecule has 3 rings (SSSR count). The lowest BCUT2D eigenvalue weighted by atomic mass is 9.64. The second-order valence-corrected chi connectivity index (χ2v) is 10.00. The zero-order valence-electron chi connectivity index (χ0n) is 18.0. The summed E-state index contributed by atoms with van der Waals surface area (Å²) in [5, 5.41) is 10.4. The number of ether oxygens (including phenoxy) is 1. The minimum absolute atomic E-state index is 0.199. The van der Waals surface area contributed by atoms with Crippen molar-refractivity contribution in [3.63, 3.8) is 0 Å². The van der Waals surface area contributed by atoms with Gasteiger partial charge in [-0.15, -0.1) is 11.3 Å². The van der Waals surface area contributed by atoms with E-state index in [4.69, 9.17) is 4.74 Å². The summed E-state index contributed by atoms with van der Waals surface area (Å²) >= 11 is 1.55. The first-order valence-corrected chi connectivity index (χ1v) is 12.1. The fourth-order valence-corrected chi connectivity index (χ4v) is 5.84. The molecule has 29 heavy (non-hydrogen) atoms. The van der Waals surface area contributed by atoms with Gasteiger partial charge in [0.1, 0.15) is 4.88 Å². The molecule has 1 heterocycles. The molecule has 1 aromatic rings. The van der Waals surface area contributed by atoms with Gasteiger partial charge >= 0.3 is 5.97 Å². The van der Waals surface area contributed by atoms with E-state index in [1.807, 2.05) is 6.07 Å². The number of aliphatic hydroxyl groups excluding tert-OH is 1. The van der Waals surface area contributed by atoms with E-state index in [1.165, 1.54) is 56.1 Å². The Labute approximate surface area is 179 Å². The van der Waals surface area contributed by atoms with Crippen molar-refractivity contribution in [2.75, 3.05) is 7.11 Å². The van der Waals surface area contributed by atoms with Crippen molar-refractivity contribution in [3.8, 4) is 0 Å². The Bertz CT molecular complexity index is 721. The largest absolute Gasteiger partial charge is 0.465 e. The summed E-state index contributed by atoms with van der Waals surface area (Å²) in [5.41, 5.74) is 1.88. The third-order valence-electron chi connectivity index (χ3n) is 6.94. The average molecular weight is 417 g/mol. The fraction of sp³-hybridized carbons (Fsp3) is 0.640. The van der Waals surface area contributed by atoms with E-state index in [0.29, 0.717) is 16.2 Å². The lowest BCUT2D eigenvalue weighted by Crippen LogP contribution is -2.32.